The molecule has 3 amide bonds. The smallest absolute Gasteiger partial charge is 0.321 e. The van der Waals surface area contributed by atoms with E-state index in [1.165, 1.54) is 34.2 Å². The fourth-order valence-electron chi connectivity index (χ4n) is 2.12. The van der Waals surface area contributed by atoms with Crippen LogP contribution in [-0.2, 0) is 4.79 Å². The zero-order valence-electron chi connectivity index (χ0n) is 14.8. The number of hydrogen-bond acceptors (Lipinski definition) is 7. The fraction of sp³-hybridized carbons (Fsp3) is 0.412. The molecule has 0 bridgehead atoms. The molecule has 0 spiro atoms. The lowest BCUT2D eigenvalue weighted by Crippen LogP contribution is -2.43. The number of urea groups is 1. The van der Waals surface area contributed by atoms with Crippen molar-refractivity contribution in [2.75, 3.05) is 5.32 Å². The Hall–Kier alpha value is -2.13. The van der Waals surface area contributed by atoms with Gasteiger partial charge >= 0.3 is 6.03 Å². The Balaban J connectivity index is 1.52. The van der Waals surface area contributed by atoms with Crippen molar-refractivity contribution in [3.8, 4) is 0 Å². The average molecular weight is 392 g/mol. The maximum absolute atomic E-state index is 12.1. The van der Waals surface area contributed by atoms with Gasteiger partial charge in [0.05, 0.1) is 5.25 Å². The van der Waals surface area contributed by atoms with E-state index < -0.39 is 11.3 Å². The second-order valence-corrected chi connectivity index (χ2v) is 8.86. The van der Waals surface area contributed by atoms with Gasteiger partial charge in [-0.1, -0.05) is 29.2 Å². The minimum Gasteiger partial charge on any atom is -0.335 e. The molecule has 3 rings (SSSR count). The Labute approximate surface area is 160 Å². The summed E-state index contributed by atoms with van der Waals surface area (Å²) in [5.41, 5.74) is 3.38. The van der Waals surface area contributed by atoms with Gasteiger partial charge in [0.1, 0.15) is 0 Å². The van der Waals surface area contributed by atoms with Crippen molar-refractivity contribution < 1.29 is 9.59 Å². The second kappa shape index (κ2) is 8.05. The molecule has 9 heteroatoms. The second-order valence-electron chi connectivity index (χ2n) is 6.29. The average Bonchev–Trinajstić information content (AvgIpc) is 3.29. The van der Waals surface area contributed by atoms with Crippen LogP contribution in [0.1, 0.15) is 30.9 Å². The lowest BCUT2D eigenvalue weighted by Gasteiger charge is -2.09. The number of hydrogen-bond donors (Lipinski definition) is 3. The number of nitrogens with zero attached hydrogens (tertiary/aromatic N) is 2. The van der Waals surface area contributed by atoms with Gasteiger partial charge < -0.3 is 10.6 Å². The number of thioether (sulfide) groups is 1. The molecule has 0 aliphatic heterocycles. The third-order valence-corrected chi connectivity index (χ3v) is 5.98. The first-order chi connectivity index (χ1) is 12.4. The molecule has 0 saturated heterocycles. The van der Waals surface area contributed by atoms with E-state index in [1.54, 1.807) is 6.92 Å². The van der Waals surface area contributed by atoms with E-state index in [-0.39, 0.29) is 11.9 Å². The third kappa shape index (κ3) is 5.18. The van der Waals surface area contributed by atoms with Crippen molar-refractivity contribution in [2.24, 2.45) is 0 Å². The molecule has 1 aromatic heterocycles. The van der Waals surface area contributed by atoms with Gasteiger partial charge in [0, 0.05) is 11.7 Å². The number of aryl methyl sites for hydroxylation is 2. The van der Waals surface area contributed by atoms with Crippen LogP contribution in [0.15, 0.2) is 22.5 Å². The van der Waals surface area contributed by atoms with Crippen molar-refractivity contribution in [1.82, 2.24) is 20.8 Å². The van der Waals surface area contributed by atoms with Crippen LogP contribution < -0.4 is 16.0 Å². The van der Waals surface area contributed by atoms with Crippen molar-refractivity contribution in [2.45, 2.75) is 49.2 Å². The zero-order chi connectivity index (χ0) is 18.7. The van der Waals surface area contributed by atoms with Gasteiger partial charge in [-0.05, 0) is 56.9 Å². The molecule has 1 aliphatic rings. The summed E-state index contributed by atoms with van der Waals surface area (Å²) in [7, 11) is 0. The lowest BCUT2D eigenvalue weighted by atomic mass is 10.1. The lowest BCUT2D eigenvalue weighted by molar-refractivity contribution is -0.119. The summed E-state index contributed by atoms with van der Waals surface area (Å²) in [6.45, 7) is 5.86. The SMILES string of the molecule is Cc1ccc(Nc2nnc(SC(C)C(=O)NC(=O)NC3CC3)s2)cc1C. The van der Waals surface area contributed by atoms with Crippen molar-refractivity contribution in [1.29, 1.82) is 0 Å². The Morgan fingerprint density at radius 2 is 2.00 bits per heavy atom. The predicted octanol–water partition coefficient (Wildman–Crippen LogP) is 3.37. The fourth-order valence-corrected chi connectivity index (χ4v) is 4.03. The van der Waals surface area contributed by atoms with E-state index in [0.717, 1.165) is 18.5 Å². The molecule has 3 N–H and O–H groups in total. The number of anilines is 2. The molecule has 1 aromatic carbocycles. The summed E-state index contributed by atoms with van der Waals surface area (Å²) < 4.78 is 0.668. The maximum atomic E-state index is 12.1. The van der Waals surface area contributed by atoms with E-state index >= 15 is 0 Å². The summed E-state index contributed by atoms with van der Waals surface area (Å²) in [4.78, 5) is 23.7. The molecule has 2 aromatic rings. The van der Waals surface area contributed by atoms with Crippen LogP contribution in [0, 0.1) is 13.8 Å². The number of carbonyl (C=O) groups excluding carboxylic acids is 2. The summed E-state index contributed by atoms with van der Waals surface area (Å²) in [6.07, 6.45) is 1.96. The van der Waals surface area contributed by atoms with Gasteiger partial charge in [0.25, 0.3) is 0 Å². The first kappa shape index (κ1) is 18.7. The van der Waals surface area contributed by atoms with Crippen LogP contribution in [0.25, 0.3) is 0 Å². The molecule has 0 radical (unpaired) electrons. The van der Waals surface area contributed by atoms with Gasteiger partial charge in [-0.15, -0.1) is 10.2 Å². The molecule has 7 nitrogen and oxygen atoms in total. The standard InChI is InChI=1S/C17H21N5O2S2/c1-9-4-5-13(8-10(9)2)19-16-21-22-17(26-16)25-11(3)14(23)20-15(24)18-12-6-7-12/h4-5,8,11-12H,6-7H2,1-3H3,(H,19,21)(H2,18,20,23,24). The number of carbonyl (C=O) groups is 2. The van der Waals surface area contributed by atoms with Gasteiger partial charge in [-0.25, -0.2) is 4.79 Å². The highest BCUT2D eigenvalue weighted by atomic mass is 32.2. The number of aromatic nitrogens is 2. The third-order valence-electron chi connectivity index (χ3n) is 3.96. The largest absolute Gasteiger partial charge is 0.335 e. The molecule has 26 heavy (non-hydrogen) atoms. The summed E-state index contributed by atoms with van der Waals surface area (Å²) >= 11 is 2.65. The van der Waals surface area contributed by atoms with E-state index in [1.807, 2.05) is 12.1 Å². The molecule has 1 aliphatic carbocycles. The van der Waals surface area contributed by atoms with Crippen LogP contribution in [0.3, 0.4) is 0 Å². The predicted molar refractivity (Wildman–Crippen MR) is 104 cm³/mol. The van der Waals surface area contributed by atoms with Crippen LogP contribution in [0.2, 0.25) is 0 Å². The van der Waals surface area contributed by atoms with Gasteiger partial charge in [0.2, 0.25) is 11.0 Å². The van der Waals surface area contributed by atoms with E-state index in [4.69, 9.17) is 0 Å². The monoisotopic (exact) mass is 391 g/mol. The van der Waals surface area contributed by atoms with Crippen LogP contribution >= 0.6 is 23.1 Å². The highest BCUT2D eigenvalue weighted by Crippen LogP contribution is 2.30. The van der Waals surface area contributed by atoms with Gasteiger partial charge in [-0.3, -0.25) is 10.1 Å². The number of rotatable bonds is 6. The van der Waals surface area contributed by atoms with Crippen molar-refractivity contribution >= 4 is 45.9 Å². The quantitative estimate of drug-likeness (QED) is 0.654. The van der Waals surface area contributed by atoms with Crippen molar-refractivity contribution in [3.05, 3.63) is 29.3 Å². The first-order valence-electron chi connectivity index (χ1n) is 8.36. The highest BCUT2D eigenvalue weighted by molar-refractivity contribution is 8.02. The van der Waals surface area contributed by atoms with Crippen LogP contribution in [0.5, 0.6) is 0 Å². The zero-order valence-corrected chi connectivity index (χ0v) is 16.5. The number of nitrogens with one attached hydrogen (secondary N) is 3. The Bertz CT molecular complexity index is 819. The topological polar surface area (TPSA) is 96.0 Å². The highest BCUT2D eigenvalue weighted by Gasteiger charge is 2.25. The molecule has 1 unspecified atom stereocenters. The van der Waals surface area contributed by atoms with Gasteiger partial charge in [0.15, 0.2) is 4.34 Å². The summed E-state index contributed by atoms with van der Waals surface area (Å²) in [5.74, 6) is -0.341. The Kier molecular flexibility index (Phi) is 5.77. The minimum atomic E-state index is -0.442. The first-order valence-corrected chi connectivity index (χ1v) is 10.1. The Morgan fingerprint density at radius 1 is 1.23 bits per heavy atom. The normalized spacial score (nSPS) is 14.6. The van der Waals surface area contributed by atoms with Crippen LogP contribution in [-0.4, -0.2) is 33.4 Å². The molecular formula is C17H21N5O2S2. The van der Waals surface area contributed by atoms with Gasteiger partial charge in [-0.2, -0.15) is 0 Å². The number of imide groups is 1. The molecule has 1 heterocycles. The maximum Gasteiger partial charge on any atom is 0.321 e. The van der Waals surface area contributed by atoms with E-state index in [0.29, 0.717) is 9.47 Å². The molecule has 138 valence electrons. The molecule has 1 saturated carbocycles. The summed E-state index contributed by atoms with van der Waals surface area (Å²) in [6, 6.07) is 5.88. The van der Waals surface area contributed by atoms with Crippen LogP contribution in [0.4, 0.5) is 15.6 Å². The molecule has 1 atom stereocenters. The van der Waals surface area contributed by atoms with E-state index in [2.05, 4.69) is 46.1 Å². The number of amides is 3. The molecule has 1 fully saturated rings. The molecular weight excluding hydrogens is 370 g/mol. The van der Waals surface area contributed by atoms with Crippen molar-refractivity contribution in [3.63, 3.8) is 0 Å². The van der Waals surface area contributed by atoms with E-state index in [9.17, 15) is 9.59 Å². The Morgan fingerprint density at radius 3 is 2.69 bits per heavy atom. The summed E-state index contributed by atoms with van der Waals surface area (Å²) in [5, 5.41) is 16.7. The minimum absolute atomic E-state index is 0.216. The number of benzene rings is 1.